The van der Waals surface area contributed by atoms with E-state index in [9.17, 15) is 22.4 Å². The van der Waals surface area contributed by atoms with Gasteiger partial charge in [0.1, 0.15) is 11.5 Å². The highest BCUT2D eigenvalue weighted by Gasteiger charge is 2.32. The second-order valence-electron chi connectivity index (χ2n) is 6.43. The van der Waals surface area contributed by atoms with Crippen LogP contribution < -0.4 is 5.43 Å². The topological polar surface area (TPSA) is 72.7 Å². The van der Waals surface area contributed by atoms with E-state index in [4.69, 9.17) is 0 Å². The van der Waals surface area contributed by atoms with Gasteiger partial charge in [-0.15, -0.1) is 0 Å². The molecule has 30 heavy (non-hydrogen) atoms. The van der Waals surface area contributed by atoms with Gasteiger partial charge in [-0.05, 0) is 37.3 Å². The Hall–Kier alpha value is -3.82. The molecule has 4 rings (SSSR count). The zero-order valence-corrected chi connectivity index (χ0v) is 15.4. The van der Waals surface area contributed by atoms with Gasteiger partial charge in [0, 0.05) is 18.0 Å². The molecule has 0 atom stereocenters. The number of aromatic nitrogens is 4. The zero-order chi connectivity index (χ0) is 21.5. The minimum Gasteiger partial charge on any atom is -0.267 e. The molecule has 0 saturated carbocycles. The Morgan fingerprint density at radius 1 is 1.10 bits per heavy atom. The maximum absolute atomic E-state index is 13.4. The number of pyridine rings is 1. The molecule has 10 heteroatoms. The second kappa shape index (κ2) is 7.21. The summed E-state index contributed by atoms with van der Waals surface area (Å²) in [5, 5.41) is 0. The van der Waals surface area contributed by atoms with Crippen molar-refractivity contribution in [3.8, 4) is 11.4 Å². The molecule has 0 bridgehead atoms. The van der Waals surface area contributed by atoms with E-state index >= 15 is 0 Å². The van der Waals surface area contributed by atoms with Gasteiger partial charge in [0.2, 0.25) is 0 Å². The van der Waals surface area contributed by atoms with Gasteiger partial charge in [0.25, 0.3) is 5.91 Å². The fourth-order valence-corrected chi connectivity index (χ4v) is 2.90. The lowest BCUT2D eigenvalue weighted by Gasteiger charge is -2.11. The monoisotopic (exact) mass is 415 g/mol. The Bertz CT molecular complexity index is 1270. The van der Waals surface area contributed by atoms with Gasteiger partial charge >= 0.3 is 6.18 Å². The van der Waals surface area contributed by atoms with Crippen molar-refractivity contribution in [1.82, 2.24) is 19.6 Å². The molecule has 3 aromatic heterocycles. The molecule has 1 amide bonds. The Morgan fingerprint density at radius 3 is 2.60 bits per heavy atom. The highest BCUT2D eigenvalue weighted by molar-refractivity contribution is 6.01. The van der Waals surface area contributed by atoms with Crippen molar-refractivity contribution >= 4 is 16.9 Å². The highest BCUT2D eigenvalue weighted by atomic mass is 19.4. The largest absolute Gasteiger partial charge is 0.433 e. The number of hydrogen-bond donors (Lipinski definition) is 1. The van der Waals surface area contributed by atoms with E-state index in [1.807, 2.05) is 0 Å². The van der Waals surface area contributed by atoms with E-state index < -0.39 is 23.6 Å². The molecule has 0 saturated heterocycles. The van der Waals surface area contributed by atoms with Gasteiger partial charge in [-0.3, -0.25) is 14.9 Å². The average molecular weight is 415 g/mol. The first-order valence-corrected chi connectivity index (χ1v) is 8.68. The number of carbonyl (C=O) groups excluding carboxylic acids is 1. The van der Waals surface area contributed by atoms with Gasteiger partial charge in [-0.1, -0.05) is 12.1 Å². The number of hydrogen-bond acceptors (Lipinski definition) is 4. The fourth-order valence-electron chi connectivity index (χ4n) is 2.90. The van der Waals surface area contributed by atoms with Crippen molar-refractivity contribution in [2.24, 2.45) is 0 Å². The van der Waals surface area contributed by atoms with Crippen molar-refractivity contribution in [2.45, 2.75) is 13.1 Å². The van der Waals surface area contributed by atoms with Crippen LogP contribution in [0.4, 0.5) is 17.6 Å². The summed E-state index contributed by atoms with van der Waals surface area (Å²) in [6.07, 6.45) is -1.85. The summed E-state index contributed by atoms with van der Waals surface area (Å²) in [4.78, 5) is 24.6. The Labute approximate surface area is 167 Å². The van der Waals surface area contributed by atoms with Crippen LogP contribution in [0.25, 0.3) is 22.4 Å². The molecule has 4 aromatic rings. The minimum absolute atomic E-state index is 0.0829. The number of aryl methyl sites for hydroxylation is 1. The summed E-state index contributed by atoms with van der Waals surface area (Å²) < 4.78 is 53.1. The lowest BCUT2D eigenvalue weighted by atomic mass is 10.2. The number of carbonyl (C=O) groups is 1. The third kappa shape index (κ3) is 3.71. The molecule has 6 nitrogen and oxygen atoms in total. The highest BCUT2D eigenvalue weighted by Crippen LogP contribution is 2.29. The van der Waals surface area contributed by atoms with Gasteiger partial charge in [-0.25, -0.2) is 19.3 Å². The van der Waals surface area contributed by atoms with Crippen molar-refractivity contribution in [2.75, 3.05) is 5.43 Å². The van der Waals surface area contributed by atoms with Crippen molar-refractivity contribution < 1.29 is 22.4 Å². The molecule has 0 spiro atoms. The van der Waals surface area contributed by atoms with E-state index in [0.717, 1.165) is 6.07 Å². The molecule has 1 N–H and O–H groups in total. The first-order valence-electron chi connectivity index (χ1n) is 8.68. The Kier molecular flexibility index (Phi) is 4.69. The summed E-state index contributed by atoms with van der Waals surface area (Å²) in [6.45, 7) is 1.60. The molecule has 0 unspecified atom stereocenters. The maximum Gasteiger partial charge on any atom is 0.433 e. The molecule has 0 radical (unpaired) electrons. The van der Waals surface area contributed by atoms with Crippen LogP contribution in [0.3, 0.4) is 0 Å². The number of alkyl halides is 3. The number of nitrogens with one attached hydrogen (secondary N) is 1. The zero-order valence-electron chi connectivity index (χ0n) is 15.4. The van der Waals surface area contributed by atoms with Crippen LogP contribution >= 0.6 is 0 Å². The standard InChI is InChI=1S/C20H13F4N5O/c1-11-14(10-25-18(26-11)12-3-2-4-13(21)9-12)19(30)28-29-8-7-15-16(29)5-6-17(27-15)20(22,23)24/h2-10H,1H3,(H,28,30). The number of rotatable bonds is 3. The van der Waals surface area contributed by atoms with Gasteiger partial charge < -0.3 is 0 Å². The quantitative estimate of drug-likeness (QED) is 0.505. The van der Waals surface area contributed by atoms with Gasteiger partial charge in [-0.2, -0.15) is 13.2 Å². The summed E-state index contributed by atoms with van der Waals surface area (Å²) in [5.74, 6) is -0.730. The van der Waals surface area contributed by atoms with Crippen LogP contribution in [-0.2, 0) is 6.18 Å². The Morgan fingerprint density at radius 2 is 1.90 bits per heavy atom. The maximum atomic E-state index is 13.4. The van der Waals surface area contributed by atoms with Crippen LogP contribution in [0.2, 0.25) is 0 Å². The predicted octanol–water partition coefficient (Wildman–Crippen LogP) is 4.34. The van der Waals surface area contributed by atoms with Crippen molar-refractivity contribution in [3.63, 3.8) is 0 Å². The van der Waals surface area contributed by atoms with E-state index in [2.05, 4.69) is 20.4 Å². The summed E-state index contributed by atoms with van der Waals surface area (Å²) >= 11 is 0. The molecular formula is C20H13F4N5O. The summed E-state index contributed by atoms with van der Waals surface area (Å²) in [5.41, 5.74) is 2.91. The number of fused-ring (bicyclic) bond motifs is 1. The van der Waals surface area contributed by atoms with Crippen molar-refractivity contribution in [1.29, 1.82) is 0 Å². The number of amides is 1. The van der Waals surface area contributed by atoms with Crippen LogP contribution in [0.15, 0.2) is 54.9 Å². The number of halogens is 4. The lowest BCUT2D eigenvalue weighted by molar-refractivity contribution is -0.140. The normalized spacial score (nSPS) is 11.6. The van der Waals surface area contributed by atoms with Crippen LogP contribution in [-0.4, -0.2) is 25.5 Å². The molecule has 1 aromatic carbocycles. The molecule has 3 heterocycles. The first kappa shape index (κ1) is 19.5. The van der Waals surface area contributed by atoms with E-state index in [1.54, 1.807) is 13.0 Å². The van der Waals surface area contributed by atoms with Gasteiger partial charge in [0.05, 0.1) is 22.3 Å². The Balaban J connectivity index is 1.60. The van der Waals surface area contributed by atoms with Crippen LogP contribution in [0.1, 0.15) is 21.7 Å². The van der Waals surface area contributed by atoms with Gasteiger partial charge in [0.15, 0.2) is 5.82 Å². The molecule has 0 aliphatic rings. The summed E-state index contributed by atoms with van der Waals surface area (Å²) in [6, 6.07) is 9.18. The molecule has 0 aliphatic heterocycles. The molecule has 0 aliphatic carbocycles. The predicted molar refractivity (Wildman–Crippen MR) is 101 cm³/mol. The number of benzene rings is 1. The minimum atomic E-state index is -4.56. The lowest BCUT2D eigenvalue weighted by Crippen LogP contribution is -2.23. The SMILES string of the molecule is Cc1nc(-c2cccc(F)c2)ncc1C(=O)Nn1ccc2nc(C(F)(F)F)ccc21. The fraction of sp³-hybridized carbons (Fsp3) is 0.100. The van der Waals surface area contributed by atoms with Crippen molar-refractivity contribution in [3.05, 3.63) is 77.6 Å². The smallest absolute Gasteiger partial charge is 0.267 e. The van der Waals surface area contributed by atoms with Crippen LogP contribution in [0, 0.1) is 12.7 Å². The molecule has 152 valence electrons. The average Bonchev–Trinajstić information content (AvgIpc) is 3.09. The summed E-state index contributed by atoms with van der Waals surface area (Å²) in [7, 11) is 0. The number of nitrogens with zero attached hydrogens (tertiary/aromatic N) is 4. The van der Waals surface area contributed by atoms with E-state index in [1.165, 1.54) is 47.4 Å². The molecular weight excluding hydrogens is 402 g/mol. The third-order valence-electron chi connectivity index (χ3n) is 4.36. The van der Waals surface area contributed by atoms with E-state index in [-0.39, 0.29) is 16.9 Å². The van der Waals surface area contributed by atoms with Crippen LogP contribution in [0.5, 0.6) is 0 Å². The first-order chi connectivity index (χ1) is 14.2. The molecule has 0 fully saturated rings. The third-order valence-corrected chi connectivity index (χ3v) is 4.36. The van der Waals surface area contributed by atoms with E-state index in [0.29, 0.717) is 16.8 Å². The second-order valence-corrected chi connectivity index (χ2v) is 6.43.